The Morgan fingerprint density at radius 2 is 1.92 bits per heavy atom. The number of nitrogens with one attached hydrogen (secondary N) is 2. The van der Waals surface area contributed by atoms with Gasteiger partial charge in [-0.25, -0.2) is 5.43 Å². The Morgan fingerprint density at radius 1 is 1.12 bits per heavy atom. The molecule has 132 valence electrons. The number of carbonyl (C=O) groups excluding carboxylic acids is 1. The number of aryl methyl sites for hydroxylation is 2. The van der Waals surface area contributed by atoms with Crippen LogP contribution < -0.4 is 5.43 Å². The SMILES string of the molecule is Cc1ccc(-c2cc(C(=O)NN=Cc3ccc(Cl)cc3Cl)[nH]n2)cc1C. The maximum atomic E-state index is 12.2. The van der Waals surface area contributed by atoms with Gasteiger partial charge < -0.3 is 0 Å². The first-order chi connectivity index (χ1) is 12.4. The molecule has 26 heavy (non-hydrogen) atoms. The summed E-state index contributed by atoms with van der Waals surface area (Å²) in [6.07, 6.45) is 1.46. The molecule has 0 aliphatic rings. The third-order valence-electron chi connectivity index (χ3n) is 3.96. The Labute approximate surface area is 161 Å². The molecule has 2 N–H and O–H groups in total. The van der Waals surface area contributed by atoms with E-state index in [0.717, 1.165) is 5.56 Å². The van der Waals surface area contributed by atoms with E-state index in [9.17, 15) is 4.79 Å². The molecule has 3 rings (SSSR count). The van der Waals surface area contributed by atoms with Gasteiger partial charge in [-0.15, -0.1) is 0 Å². The molecular weight excluding hydrogens is 371 g/mol. The normalized spacial score (nSPS) is 11.1. The van der Waals surface area contributed by atoms with E-state index in [1.165, 1.54) is 17.3 Å². The van der Waals surface area contributed by atoms with Crippen LogP contribution in [0.4, 0.5) is 0 Å². The van der Waals surface area contributed by atoms with E-state index < -0.39 is 5.91 Å². The van der Waals surface area contributed by atoms with Crippen LogP contribution in [0.15, 0.2) is 47.6 Å². The topological polar surface area (TPSA) is 70.1 Å². The number of aromatic nitrogens is 2. The Hall–Kier alpha value is -2.63. The van der Waals surface area contributed by atoms with E-state index in [2.05, 4.69) is 20.7 Å². The summed E-state index contributed by atoms with van der Waals surface area (Å²) in [5, 5.41) is 11.8. The standard InChI is InChI=1S/C19H16Cl2N4O/c1-11-3-4-13(7-12(11)2)17-9-18(24-23-17)19(26)25-22-10-14-5-6-15(20)8-16(14)21/h3-10H,1-2H3,(H,23,24)(H,25,26). The molecular formula is C19H16Cl2N4O. The van der Waals surface area contributed by atoms with Crippen molar-refractivity contribution < 1.29 is 4.79 Å². The molecule has 7 heteroatoms. The molecule has 0 bridgehead atoms. The second-order valence-corrected chi connectivity index (χ2v) is 6.67. The van der Waals surface area contributed by atoms with Crippen LogP contribution >= 0.6 is 23.2 Å². The van der Waals surface area contributed by atoms with Crippen molar-refractivity contribution in [3.8, 4) is 11.3 Å². The molecule has 0 unspecified atom stereocenters. The van der Waals surface area contributed by atoms with Crippen molar-refractivity contribution in [1.29, 1.82) is 0 Å². The van der Waals surface area contributed by atoms with Gasteiger partial charge >= 0.3 is 0 Å². The van der Waals surface area contributed by atoms with Gasteiger partial charge in [0.25, 0.3) is 5.91 Å². The van der Waals surface area contributed by atoms with E-state index in [-0.39, 0.29) is 0 Å². The van der Waals surface area contributed by atoms with E-state index in [1.54, 1.807) is 24.3 Å². The highest BCUT2D eigenvalue weighted by Crippen LogP contribution is 2.21. The van der Waals surface area contributed by atoms with Crippen LogP contribution in [0.25, 0.3) is 11.3 Å². The highest BCUT2D eigenvalue weighted by Gasteiger charge is 2.11. The quantitative estimate of drug-likeness (QED) is 0.500. The smallest absolute Gasteiger partial charge is 0.272 e. The Balaban J connectivity index is 1.70. The molecule has 1 aromatic heterocycles. The molecule has 0 aliphatic carbocycles. The van der Waals surface area contributed by atoms with E-state index in [0.29, 0.717) is 27.0 Å². The third-order valence-corrected chi connectivity index (χ3v) is 4.52. The average molecular weight is 387 g/mol. The Bertz CT molecular complexity index is 995. The largest absolute Gasteiger partial charge is 0.289 e. The first kappa shape index (κ1) is 18.2. The van der Waals surface area contributed by atoms with E-state index in [1.807, 2.05) is 32.0 Å². The minimum absolute atomic E-state index is 0.317. The molecule has 0 fully saturated rings. The van der Waals surface area contributed by atoms with Gasteiger partial charge in [0.15, 0.2) is 0 Å². The van der Waals surface area contributed by atoms with Gasteiger partial charge in [-0.3, -0.25) is 9.89 Å². The minimum Gasteiger partial charge on any atom is -0.272 e. The molecule has 0 saturated carbocycles. The summed E-state index contributed by atoms with van der Waals surface area (Å²) >= 11 is 11.9. The van der Waals surface area contributed by atoms with Crippen LogP contribution in [-0.4, -0.2) is 22.3 Å². The zero-order chi connectivity index (χ0) is 18.7. The molecule has 0 spiro atoms. The highest BCUT2D eigenvalue weighted by molar-refractivity contribution is 6.36. The molecule has 1 amide bonds. The van der Waals surface area contributed by atoms with Gasteiger partial charge in [-0.1, -0.05) is 41.4 Å². The lowest BCUT2D eigenvalue weighted by Crippen LogP contribution is -2.18. The summed E-state index contributed by atoms with van der Waals surface area (Å²) in [7, 11) is 0. The molecule has 0 radical (unpaired) electrons. The first-order valence-corrected chi connectivity index (χ1v) is 8.61. The molecule has 5 nitrogen and oxygen atoms in total. The fourth-order valence-electron chi connectivity index (χ4n) is 2.31. The van der Waals surface area contributed by atoms with Crippen molar-refractivity contribution >= 4 is 35.3 Å². The summed E-state index contributed by atoms with van der Waals surface area (Å²) in [4.78, 5) is 12.2. The number of aromatic amines is 1. The van der Waals surface area contributed by atoms with Gasteiger partial charge in [0, 0.05) is 16.1 Å². The molecule has 0 atom stereocenters. The Kier molecular flexibility index (Phi) is 5.40. The summed E-state index contributed by atoms with van der Waals surface area (Å²) in [6.45, 7) is 4.09. The van der Waals surface area contributed by atoms with Crippen molar-refractivity contribution in [1.82, 2.24) is 15.6 Å². The molecule has 0 saturated heterocycles. The van der Waals surface area contributed by atoms with Gasteiger partial charge in [0.05, 0.1) is 16.9 Å². The number of halogens is 2. The zero-order valence-electron chi connectivity index (χ0n) is 14.2. The lowest BCUT2D eigenvalue weighted by Gasteiger charge is -2.01. The number of amides is 1. The molecule has 0 aliphatic heterocycles. The number of hydrogen-bond donors (Lipinski definition) is 2. The van der Waals surface area contributed by atoms with Crippen LogP contribution in [-0.2, 0) is 0 Å². The average Bonchev–Trinajstić information content (AvgIpc) is 3.09. The minimum atomic E-state index is -0.395. The van der Waals surface area contributed by atoms with Crippen LogP contribution in [0.3, 0.4) is 0 Å². The second kappa shape index (κ2) is 7.72. The lowest BCUT2D eigenvalue weighted by molar-refractivity contribution is 0.0950. The molecule has 2 aromatic carbocycles. The number of H-pyrrole nitrogens is 1. The predicted molar refractivity (Wildman–Crippen MR) is 105 cm³/mol. The summed E-state index contributed by atoms with van der Waals surface area (Å²) in [5.74, 6) is -0.395. The van der Waals surface area contributed by atoms with Gasteiger partial charge in [0.2, 0.25) is 0 Å². The van der Waals surface area contributed by atoms with E-state index >= 15 is 0 Å². The summed E-state index contributed by atoms with van der Waals surface area (Å²) < 4.78 is 0. The third kappa shape index (κ3) is 4.12. The fraction of sp³-hybridized carbons (Fsp3) is 0.105. The number of hydrazone groups is 1. The monoisotopic (exact) mass is 386 g/mol. The zero-order valence-corrected chi connectivity index (χ0v) is 15.7. The van der Waals surface area contributed by atoms with Crippen LogP contribution in [0, 0.1) is 13.8 Å². The molecule has 3 aromatic rings. The first-order valence-electron chi connectivity index (χ1n) is 7.85. The van der Waals surface area contributed by atoms with Crippen molar-refractivity contribution in [2.45, 2.75) is 13.8 Å². The van der Waals surface area contributed by atoms with Crippen LogP contribution in [0.5, 0.6) is 0 Å². The van der Waals surface area contributed by atoms with Gasteiger partial charge in [-0.05, 0) is 49.2 Å². The van der Waals surface area contributed by atoms with Gasteiger partial charge in [-0.2, -0.15) is 10.2 Å². The van der Waals surface area contributed by atoms with Crippen molar-refractivity contribution in [2.75, 3.05) is 0 Å². The maximum Gasteiger partial charge on any atom is 0.289 e. The van der Waals surface area contributed by atoms with E-state index in [4.69, 9.17) is 23.2 Å². The Morgan fingerprint density at radius 3 is 2.65 bits per heavy atom. The van der Waals surface area contributed by atoms with Crippen LogP contribution in [0.1, 0.15) is 27.2 Å². The van der Waals surface area contributed by atoms with Crippen molar-refractivity contribution in [3.63, 3.8) is 0 Å². The summed E-state index contributed by atoms with van der Waals surface area (Å²) in [6, 6.07) is 12.7. The number of rotatable bonds is 4. The van der Waals surface area contributed by atoms with Crippen molar-refractivity contribution in [3.05, 3.63) is 74.9 Å². The molecule has 1 heterocycles. The predicted octanol–water partition coefficient (Wildman–Crippen LogP) is 4.76. The second-order valence-electron chi connectivity index (χ2n) is 5.83. The van der Waals surface area contributed by atoms with Crippen LogP contribution in [0.2, 0.25) is 10.0 Å². The number of hydrogen-bond acceptors (Lipinski definition) is 3. The summed E-state index contributed by atoms with van der Waals surface area (Å²) in [5.41, 5.74) is 7.42. The highest BCUT2D eigenvalue weighted by atomic mass is 35.5. The maximum absolute atomic E-state index is 12.2. The fourth-order valence-corrected chi connectivity index (χ4v) is 2.77. The number of nitrogens with zero attached hydrogens (tertiary/aromatic N) is 2. The number of benzene rings is 2. The van der Waals surface area contributed by atoms with Crippen molar-refractivity contribution in [2.24, 2.45) is 5.10 Å². The lowest BCUT2D eigenvalue weighted by atomic mass is 10.0. The van der Waals surface area contributed by atoms with Gasteiger partial charge in [0.1, 0.15) is 5.69 Å². The number of carbonyl (C=O) groups is 1.